The lowest BCUT2D eigenvalue weighted by atomic mass is 9.87. The molecule has 1 fully saturated rings. The summed E-state index contributed by atoms with van der Waals surface area (Å²) >= 11 is 0. The van der Waals surface area contributed by atoms with Crippen LogP contribution in [0.2, 0.25) is 0 Å². The second-order valence-corrected chi connectivity index (χ2v) is 11.4. The summed E-state index contributed by atoms with van der Waals surface area (Å²) in [4.78, 5) is 20.6. The van der Waals surface area contributed by atoms with Gasteiger partial charge in [-0.2, -0.15) is 5.10 Å². The van der Waals surface area contributed by atoms with E-state index >= 15 is 0 Å². The fourth-order valence-electron chi connectivity index (χ4n) is 6.30. The summed E-state index contributed by atoms with van der Waals surface area (Å²) in [5.41, 5.74) is 7.64. The summed E-state index contributed by atoms with van der Waals surface area (Å²) in [6, 6.07) is 20.8. The number of pyridine rings is 1. The van der Waals surface area contributed by atoms with Crippen molar-refractivity contribution in [1.82, 2.24) is 20.2 Å². The van der Waals surface area contributed by atoms with E-state index < -0.39 is 0 Å². The van der Waals surface area contributed by atoms with Crippen LogP contribution in [-0.4, -0.2) is 33.2 Å². The Hall–Kier alpha value is -4.98. The zero-order valence-electron chi connectivity index (χ0n) is 23.9. The van der Waals surface area contributed by atoms with Gasteiger partial charge in [0.05, 0.1) is 30.2 Å². The van der Waals surface area contributed by atoms with E-state index in [4.69, 9.17) is 4.74 Å². The third kappa shape index (κ3) is 5.48. The SMILES string of the molecule is COc1cc(F)cc(-c2cccc3[nH]c(-c4n[nH]c5ccc(-c6cncc(NC(=O)CC7CCCCC7)c6)cc45)cc23)c1. The molecule has 0 saturated heterocycles. The molecule has 3 aromatic heterocycles. The number of nitrogens with zero attached hydrogens (tertiary/aromatic N) is 2. The molecule has 1 amide bonds. The van der Waals surface area contributed by atoms with Gasteiger partial charge in [-0.25, -0.2) is 4.39 Å². The molecule has 1 aliphatic carbocycles. The fourth-order valence-corrected chi connectivity index (χ4v) is 6.30. The molecule has 0 spiro atoms. The molecule has 0 aliphatic heterocycles. The topological polar surface area (TPSA) is 95.7 Å². The standard InChI is InChI=1S/C35H32FN5O2/c1-43-27-15-23(13-25(36)17-27)28-8-5-9-31-29(28)18-33(39-31)35-30-16-22(10-11-32(30)40-41-35)24-14-26(20-37-19-24)38-34(42)12-21-6-3-2-4-7-21/h5,8-11,13-21,39H,2-4,6-7,12H2,1H3,(H,38,42)(H,40,41). The summed E-state index contributed by atoms with van der Waals surface area (Å²) < 4.78 is 19.6. The number of H-pyrrole nitrogens is 2. The molecule has 0 radical (unpaired) electrons. The van der Waals surface area contributed by atoms with Crippen molar-refractivity contribution in [3.05, 3.63) is 84.9 Å². The normalized spacial score (nSPS) is 13.9. The number of anilines is 1. The van der Waals surface area contributed by atoms with Gasteiger partial charge in [0.2, 0.25) is 5.91 Å². The van der Waals surface area contributed by atoms with Gasteiger partial charge in [-0.15, -0.1) is 0 Å². The summed E-state index contributed by atoms with van der Waals surface area (Å²) in [7, 11) is 1.53. The molecule has 7 rings (SSSR count). The lowest BCUT2D eigenvalue weighted by Gasteiger charge is -2.20. The Morgan fingerprint density at radius 2 is 1.81 bits per heavy atom. The van der Waals surface area contributed by atoms with Crippen molar-refractivity contribution in [2.75, 3.05) is 12.4 Å². The predicted octanol–water partition coefficient (Wildman–Crippen LogP) is 8.50. The molecule has 7 nitrogen and oxygen atoms in total. The van der Waals surface area contributed by atoms with Gasteiger partial charge < -0.3 is 15.0 Å². The van der Waals surface area contributed by atoms with Crippen LogP contribution in [-0.2, 0) is 4.79 Å². The molecule has 3 N–H and O–H groups in total. The van der Waals surface area contributed by atoms with Gasteiger partial charge in [-0.1, -0.05) is 37.5 Å². The van der Waals surface area contributed by atoms with Gasteiger partial charge in [0.25, 0.3) is 0 Å². The van der Waals surface area contributed by atoms with Crippen molar-refractivity contribution >= 4 is 33.4 Å². The largest absolute Gasteiger partial charge is 0.497 e. The minimum atomic E-state index is -0.352. The van der Waals surface area contributed by atoms with Crippen molar-refractivity contribution in [3.8, 4) is 39.4 Å². The molecule has 3 aromatic carbocycles. The van der Waals surface area contributed by atoms with Crippen LogP contribution in [0.1, 0.15) is 38.5 Å². The number of methoxy groups -OCH3 is 1. The fraction of sp³-hybridized carbons (Fsp3) is 0.229. The zero-order valence-corrected chi connectivity index (χ0v) is 23.9. The molecule has 6 aromatic rings. The minimum Gasteiger partial charge on any atom is -0.497 e. The van der Waals surface area contributed by atoms with Crippen molar-refractivity contribution in [3.63, 3.8) is 0 Å². The number of halogens is 1. The van der Waals surface area contributed by atoms with Crippen LogP contribution >= 0.6 is 0 Å². The number of amides is 1. The molecule has 0 unspecified atom stereocenters. The number of hydrogen-bond donors (Lipinski definition) is 3. The Kier molecular flexibility index (Phi) is 7.10. The highest BCUT2D eigenvalue weighted by atomic mass is 19.1. The first-order valence-electron chi connectivity index (χ1n) is 14.7. The number of nitrogens with one attached hydrogen (secondary N) is 3. The van der Waals surface area contributed by atoms with Gasteiger partial charge in [0, 0.05) is 40.5 Å². The van der Waals surface area contributed by atoms with Gasteiger partial charge in [0.1, 0.15) is 17.3 Å². The van der Waals surface area contributed by atoms with Crippen LogP contribution in [0.25, 0.3) is 55.4 Å². The van der Waals surface area contributed by atoms with Gasteiger partial charge in [0.15, 0.2) is 0 Å². The Labute approximate surface area is 248 Å². The molecule has 216 valence electrons. The molecular weight excluding hydrogens is 541 g/mol. The summed E-state index contributed by atoms with van der Waals surface area (Å²) in [5, 5.41) is 12.8. The Morgan fingerprint density at radius 1 is 0.930 bits per heavy atom. The van der Waals surface area contributed by atoms with E-state index in [1.807, 2.05) is 48.5 Å². The van der Waals surface area contributed by atoms with Crippen LogP contribution in [0.3, 0.4) is 0 Å². The first-order valence-corrected chi connectivity index (χ1v) is 14.7. The van der Waals surface area contributed by atoms with E-state index in [-0.39, 0.29) is 11.7 Å². The van der Waals surface area contributed by atoms with Gasteiger partial charge in [-0.05, 0) is 77.9 Å². The highest BCUT2D eigenvalue weighted by Crippen LogP contribution is 2.36. The Balaban J connectivity index is 1.20. The average Bonchev–Trinajstić information content (AvgIpc) is 3.65. The Bertz CT molecular complexity index is 1950. The molecule has 0 atom stereocenters. The lowest BCUT2D eigenvalue weighted by molar-refractivity contribution is -0.117. The molecule has 8 heteroatoms. The molecule has 43 heavy (non-hydrogen) atoms. The average molecular weight is 574 g/mol. The third-order valence-electron chi connectivity index (χ3n) is 8.45. The molecule has 0 bridgehead atoms. The number of carbonyl (C=O) groups is 1. The smallest absolute Gasteiger partial charge is 0.224 e. The summed E-state index contributed by atoms with van der Waals surface area (Å²) in [6.07, 6.45) is 10.0. The molecule has 1 saturated carbocycles. The van der Waals surface area contributed by atoms with Gasteiger partial charge >= 0.3 is 0 Å². The number of benzene rings is 3. The number of aromatic amines is 2. The third-order valence-corrected chi connectivity index (χ3v) is 8.45. The van der Waals surface area contributed by atoms with E-state index in [1.54, 1.807) is 12.4 Å². The quantitative estimate of drug-likeness (QED) is 0.178. The predicted molar refractivity (Wildman–Crippen MR) is 168 cm³/mol. The van der Waals surface area contributed by atoms with Crippen molar-refractivity contribution < 1.29 is 13.9 Å². The number of rotatable bonds is 7. The maximum Gasteiger partial charge on any atom is 0.224 e. The molecule has 1 aliphatic rings. The number of carbonyl (C=O) groups excluding carboxylic acids is 1. The number of hydrogen-bond acceptors (Lipinski definition) is 4. The number of fused-ring (bicyclic) bond motifs is 2. The second-order valence-electron chi connectivity index (χ2n) is 11.4. The Morgan fingerprint density at radius 3 is 2.67 bits per heavy atom. The summed E-state index contributed by atoms with van der Waals surface area (Å²) in [5.74, 6) is 0.642. The van der Waals surface area contributed by atoms with E-state index in [0.717, 1.165) is 68.3 Å². The van der Waals surface area contributed by atoms with Crippen LogP contribution in [0.4, 0.5) is 10.1 Å². The second kappa shape index (κ2) is 11.4. The monoisotopic (exact) mass is 573 g/mol. The van der Waals surface area contributed by atoms with Crippen LogP contribution in [0.15, 0.2) is 79.1 Å². The highest BCUT2D eigenvalue weighted by Gasteiger charge is 2.18. The number of ether oxygens (including phenoxy) is 1. The maximum atomic E-state index is 14.3. The van der Waals surface area contributed by atoms with Crippen molar-refractivity contribution in [2.24, 2.45) is 5.92 Å². The number of aromatic nitrogens is 4. The maximum absolute atomic E-state index is 14.3. The van der Waals surface area contributed by atoms with Gasteiger partial charge in [-0.3, -0.25) is 14.9 Å². The first kappa shape index (κ1) is 26.9. The summed E-state index contributed by atoms with van der Waals surface area (Å²) in [6.45, 7) is 0. The van der Waals surface area contributed by atoms with E-state index in [0.29, 0.717) is 23.8 Å². The minimum absolute atomic E-state index is 0.0493. The lowest BCUT2D eigenvalue weighted by Crippen LogP contribution is -2.18. The van der Waals surface area contributed by atoms with E-state index in [9.17, 15) is 9.18 Å². The molecular formula is C35H32FN5O2. The first-order chi connectivity index (χ1) is 21.0. The molecule has 3 heterocycles. The van der Waals surface area contributed by atoms with Crippen LogP contribution < -0.4 is 10.1 Å². The highest BCUT2D eigenvalue weighted by molar-refractivity contribution is 6.02. The van der Waals surface area contributed by atoms with E-state index in [1.165, 1.54) is 38.5 Å². The van der Waals surface area contributed by atoms with Crippen LogP contribution in [0.5, 0.6) is 5.75 Å². The van der Waals surface area contributed by atoms with Crippen molar-refractivity contribution in [1.29, 1.82) is 0 Å². The van der Waals surface area contributed by atoms with Crippen LogP contribution in [0, 0.1) is 11.7 Å². The van der Waals surface area contributed by atoms with Crippen molar-refractivity contribution in [2.45, 2.75) is 38.5 Å². The van der Waals surface area contributed by atoms with E-state index in [2.05, 4.69) is 31.5 Å². The zero-order chi connectivity index (χ0) is 29.3.